The number of benzene rings is 1. The fourth-order valence-electron chi connectivity index (χ4n) is 1.50. The van der Waals surface area contributed by atoms with E-state index in [1.165, 1.54) is 6.07 Å². The minimum Gasteiger partial charge on any atom is -0.508 e. The van der Waals surface area contributed by atoms with Crippen LogP contribution in [0.15, 0.2) is 18.2 Å². The summed E-state index contributed by atoms with van der Waals surface area (Å²) in [5.74, 6) is 1.99. The second-order valence-corrected chi connectivity index (χ2v) is 4.92. The second-order valence-electron chi connectivity index (χ2n) is 4.00. The first-order valence-electron chi connectivity index (χ1n) is 5.34. The Morgan fingerprint density at radius 2 is 2.12 bits per heavy atom. The van der Waals surface area contributed by atoms with Gasteiger partial charge in [0.05, 0.1) is 0 Å². The smallest absolute Gasteiger partial charge is 0.123 e. The zero-order valence-corrected chi connectivity index (χ0v) is 10.5. The van der Waals surface area contributed by atoms with E-state index in [4.69, 9.17) is 5.11 Å². The van der Waals surface area contributed by atoms with Crippen LogP contribution in [0.1, 0.15) is 12.5 Å². The fraction of sp³-hybridized carbons (Fsp3) is 0.500. The quantitative estimate of drug-likeness (QED) is 0.714. The molecule has 3 N–H and O–H groups in total. The highest BCUT2D eigenvalue weighted by Gasteiger charge is 2.04. The van der Waals surface area contributed by atoms with Crippen LogP contribution >= 0.6 is 11.8 Å². The third-order valence-electron chi connectivity index (χ3n) is 2.33. The molecule has 0 saturated carbocycles. The predicted octanol–water partition coefficient (Wildman–Crippen LogP) is 2.19. The number of aromatic hydroxyl groups is 2. The summed E-state index contributed by atoms with van der Waals surface area (Å²) in [6.45, 7) is 3.76. The van der Waals surface area contributed by atoms with Gasteiger partial charge in [-0.1, -0.05) is 13.0 Å². The van der Waals surface area contributed by atoms with Gasteiger partial charge in [-0.15, -0.1) is 0 Å². The molecular formula is C12H19NO2S. The summed E-state index contributed by atoms with van der Waals surface area (Å²) in [5, 5.41) is 22.0. The molecule has 0 aliphatic carbocycles. The molecule has 1 rings (SSSR count). The van der Waals surface area contributed by atoms with E-state index in [9.17, 15) is 5.11 Å². The summed E-state index contributed by atoms with van der Waals surface area (Å²) in [6.07, 6.45) is 2.10. The van der Waals surface area contributed by atoms with E-state index in [1.807, 2.05) is 11.8 Å². The minimum atomic E-state index is 0.0944. The Kier molecular flexibility index (Phi) is 5.49. The highest BCUT2D eigenvalue weighted by atomic mass is 32.2. The lowest BCUT2D eigenvalue weighted by Gasteiger charge is -2.11. The number of thioether (sulfide) groups is 1. The van der Waals surface area contributed by atoms with Crippen molar-refractivity contribution in [3.63, 3.8) is 0 Å². The summed E-state index contributed by atoms with van der Waals surface area (Å²) in [4.78, 5) is 0. The van der Waals surface area contributed by atoms with Crippen LogP contribution in [-0.4, -0.2) is 28.8 Å². The molecule has 0 aromatic heterocycles. The monoisotopic (exact) mass is 241 g/mol. The summed E-state index contributed by atoms with van der Waals surface area (Å²) in [6, 6.07) is 4.68. The van der Waals surface area contributed by atoms with E-state index >= 15 is 0 Å². The van der Waals surface area contributed by atoms with Crippen molar-refractivity contribution < 1.29 is 10.2 Å². The van der Waals surface area contributed by atoms with Gasteiger partial charge in [0.25, 0.3) is 0 Å². The number of nitrogens with one attached hydrogen (secondary N) is 1. The molecule has 0 amide bonds. The van der Waals surface area contributed by atoms with Crippen LogP contribution in [-0.2, 0) is 6.54 Å². The second kappa shape index (κ2) is 6.66. The largest absolute Gasteiger partial charge is 0.508 e. The number of phenolic OH excluding ortho intramolecular Hbond substituents is 2. The van der Waals surface area contributed by atoms with Crippen LogP contribution in [0.25, 0.3) is 0 Å². The molecule has 0 aliphatic rings. The molecule has 0 heterocycles. The maximum atomic E-state index is 9.56. The minimum absolute atomic E-state index is 0.0944. The summed E-state index contributed by atoms with van der Waals surface area (Å²) < 4.78 is 0. The van der Waals surface area contributed by atoms with Crippen molar-refractivity contribution in [2.75, 3.05) is 18.6 Å². The van der Waals surface area contributed by atoms with Gasteiger partial charge >= 0.3 is 0 Å². The van der Waals surface area contributed by atoms with Crippen molar-refractivity contribution in [3.8, 4) is 11.5 Å². The molecule has 1 aromatic carbocycles. The Balaban J connectivity index is 2.37. The Labute approximate surface area is 101 Å². The topological polar surface area (TPSA) is 52.5 Å². The molecule has 1 atom stereocenters. The zero-order valence-electron chi connectivity index (χ0n) is 9.73. The van der Waals surface area contributed by atoms with E-state index in [0.717, 1.165) is 17.9 Å². The lowest BCUT2D eigenvalue weighted by molar-refractivity contribution is 0.442. The van der Waals surface area contributed by atoms with Gasteiger partial charge in [0.2, 0.25) is 0 Å². The van der Waals surface area contributed by atoms with Gasteiger partial charge in [-0.2, -0.15) is 11.8 Å². The predicted molar refractivity (Wildman–Crippen MR) is 69.0 cm³/mol. The van der Waals surface area contributed by atoms with E-state index in [2.05, 4.69) is 18.5 Å². The lowest BCUT2D eigenvalue weighted by atomic mass is 10.1. The van der Waals surface area contributed by atoms with Crippen LogP contribution < -0.4 is 5.32 Å². The molecule has 90 valence electrons. The summed E-state index contributed by atoms with van der Waals surface area (Å²) in [5.41, 5.74) is 0.814. The van der Waals surface area contributed by atoms with Crippen molar-refractivity contribution in [1.82, 2.24) is 5.32 Å². The van der Waals surface area contributed by atoms with Gasteiger partial charge in [0.1, 0.15) is 11.5 Å². The molecule has 3 nitrogen and oxygen atoms in total. The zero-order chi connectivity index (χ0) is 12.0. The summed E-state index contributed by atoms with van der Waals surface area (Å²) in [7, 11) is 0. The first kappa shape index (κ1) is 13.2. The van der Waals surface area contributed by atoms with Crippen molar-refractivity contribution in [2.24, 2.45) is 5.92 Å². The molecule has 4 heteroatoms. The molecular weight excluding hydrogens is 222 g/mol. The highest BCUT2D eigenvalue weighted by molar-refractivity contribution is 7.98. The Morgan fingerprint density at radius 1 is 1.38 bits per heavy atom. The Hall–Kier alpha value is -0.870. The molecule has 16 heavy (non-hydrogen) atoms. The maximum Gasteiger partial charge on any atom is 0.123 e. The Bertz CT molecular complexity index is 331. The molecule has 0 radical (unpaired) electrons. The van der Waals surface area contributed by atoms with Crippen LogP contribution in [0.4, 0.5) is 0 Å². The normalized spacial score (nSPS) is 12.6. The van der Waals surface area contributed by atoms with Crippen molar-refractivity contribution in [3.05, 3.63) is 23.8 Å². The summed E-state index contributed by atoms with van der Waals surface area (Å²) >= 11 is 1.84. The van der Waals surface area contributed by atoms with Crippen LogP contribution in [0.5, 0.6) is 11.5 Å². The van der Waals surface area contributed by atoms with Crippen molar-refractivity contribution in [1.29, 1.82) is 0 Å². The van der Waals surface area contributed by atoms with Gasteiger partial charge in [-0.05, 0) is 30.5 Å². The highest BCUT2D eigenvalue weighted by Crippen LogP contribution is 2.22. The number of hydrogen-bond acceptors (Lipinski definition) is 4. The van der Waals surface area contributed by atoms with E-state index in [1.54, 1.807) is 12.1 Å². The fourth-order valence-corrected chi connectivity index (χ4v) is 2.19. The van der Waals surface area contributed by atoms with Gasteiger partial charge in [0.15, 0.2) is 0 Å². The number of hydrogen-bond donors (Lipinski definition) is 3. The van der Waals surface area contributed by atoms with Gasteiger partial charge in [0, 0.05) is 18.2 Å². The van der Waals surface area contributed by atoms with Crippen molar-refractivity contribution in [2.45, 2.75) is 13.5 Å². The average molecular weight is 241 g/mol. The molecule has 0 spiro atoms. The third-order valence-corrected chi connectivity index (χ3v) is 3.23. The van der Waals surface area contributed by atoms with E-state index in [0.29, 0.717) is 12.5 Å². The molecule has 1 unspecified atom stereocenters. The lowest BCUT2D eigenvalue weighted by Crippen LogP contribution is -2.22. The van der Waals surface area contributed by atoms with E-state index in [-0.39, 0.29) is 11.5 Å². The van der Waals surface area contributed by atoms with Crippen molar-refractivity contribution >= 4 is 11.8 Å². The first-order valence-corrected chi connectivity index (χ1v) is 6.73. The van der Waals surface area contributed by atoms with E-state index < -0.39 is 0 Å². The molecule has 0 bridgehead atoms. The van der Waals surface area contributed by atoms with Crippen LogP contribution in [0, 0.1) is 5.92 Å². The number of phenols is 2. The molecule has 0 aliphatic heterocycles. The standard InChI is InChI=1S/C12H19NO2S/c1-9(8-16-2)6-13-7-10-3-4-11(14)5-12(10)15/h3-5,9,13-15H,6-8H2,1-2H3. The molecule has 1 aromatic rings. The number of rotatable bonds is 6. The SMILES string of the molecule is CSCC(C)CNCc1ccc(O)cc1O. The Morgan fingerprint density at radius 3 is 2.75 bits per heavy atom. The van der Waals surface area contributed by atoms with Crippen LogP contribution in [0.3, 0.4) is 0 Å². The first-order chi connectivity index (χ1) is 7.63. The molecule has 0 fully saturated rings. The van der Waals surface area contributed by atoms with Gasteiger partial charge in [-0.3, -0.25) is 0 Å². The average Bonchev–Trinajstić information content (AvgIpc) is 2.22. The van der Waals surface area contributed by atoms with Gasteiger partial charge < -0.3 is 15.5 Å². The third kappa shape index (κ3) is 4.33. The molecule has 0 saturated heterocycles. The van der Waals surface area contributed by atoms with Crippen LogP contribution in [0.2, 0.25) is 0 Å². The van der Waals surface area contributed by atoms with Gasteiger partial charge in [-0.25, -0.2) is 0 Å². The maximum absolute atomic E-state index is 9.56.